The molecule has 1 rings (SSSR count). The summed E-state index contributed by atoms with van der Waals surface area (Å²) < 4.78 is 0.440. The van der Waals surface area contributed by atoms with Crippen molar-refractivity contribution in [1.82, 2.24) is 0 Å². The number of nitrogens with two attached hydrogens (primary N) is 2. The van der Waals surface area contributed by atoms with E-state index in [1.807, 2.05) is 0 Å². The van der Waals surface area contributed by atoms with Crippen molar-refractivity contribution < 1.29 is 4.92 Å². The standard InChI is InChI=1S/C8H10BrN3O2/c9-6-2-1-5(7(11)4-10)3-8(6)12(13)14/h1-3,7H,4,10-11H2/t7-/m0/s1. The highest BCUT2D eigenvalue weighted by Gasteiger charge is 2.14. The molecule has 5 nitrogen and oxygen atoms in total. The van der Waals surface area contributed by atoms with E-state index in [1.165, 1.54) is 6.07 Å². The number of nitro benzene ring substituents is 1. The molecule has 0 aromatic heterocycles. The van der Waals surface area contributed by atoms with Crippen molar-refractivity contribution in [2.24, 2.45) is 11.5 Å². The Labute approximate surface area is 89.4 Å². The molecule has 0 radical (unpaired) electrons. The van der Waals surface area contributed by atoms with Gasteiger partial charge in [-0.05, 0) is 27.6 Å². The van der Waals surface area contributed by atoms with Crippen LogP contribution in [0.2, 0.25) is 0 Å². The lowest BCUT2D eigenvalue weighted by Crippen LogP contribution is -2.20. The monoisotopic (exact) mass is 259 g/mol. The molecule has 0 saturated carbocycles. The molecule has 0 bridgehead atoms. The van der Waals surface area contributed by atoms with Gasteiger partial charge < -0.3 is 11.5 Å². The predicted molar refractivity (Wildman–Crippen MR) is 56.8 cm³/mol. The van der Waals surface area contributed by atoms with Gasteiger partial charge in [-0.15, -0.1) is 0 Å². The van der Waals surface area contributed by atoms with E-state index in [1.54, 1.807) is 12.1 Å². The minimum absolute atomic E-state index is 0.00593. The van der Waals surface area contributed by atoms with Crippen LogP contribution in [0.1, 0.15) is 11.6 Å². The Morgan fingerprint density at radius 2 is 2.21 bits per heavy atom. The largest absolute Gasteiger partial charge is 0.329 e. The van der Waals surface area contributed by atoms with Gasteiger partial charge in [0.15, 0.2) is 0 Å². The maximum Gasteiger partial charge on any atom is 0.283 e. The van der Waals surface area contributed by atoms with Gasteiger partial charge in [0.2, 0.25) is 0 Å². The Morgan fingerprint density at radius 3 is 2.71 bits per heavy atom. The van der Waals surface area contributed by atoms with Crippen LogP contribution in [-0.2, 0) is 0 Å². The summed E-state index contributed by atoms with van der Waals surface area (Å²) in [7, 11) is 0. The van der Waals surface area contributed by atoms with E-state index in [-0.39, 0.29) is 18.3 Å². The summed E-state index contributed by atoms with van der Waals surface area (Å²) in [5.41, 5.74) is 11.7. The van der Waals surface area contributed by atoms with E-state index < -0.39 is 4.92 Å². The van der Waals surface area contributed by atoms with Gasteiger partial charge in [0.25, 0.3) is 5.69 Å². The molecule has 1 aromatic rings. The summed E-state index contributed by atoms with van der Waals surface area (Å²) in [5.74, 6) is 0. The lowest BCUT2D eigenvalue weighted by atomic mass is 10.1. The summed E-state index contributed by atoms with van der Waals surface area (Å²) in [5, 5.41) is 10.6. The van der Waals surface area contributed by atoms with Crippen LogP contribution in [0.3, 0.4) is 0 Å². The van der Waals surface area contributed by atoms with Crippen molar-refractivity contribution in [2.75, 3.05) is 6.54 Å². The average Bonchev–Trinajstić information content (AvgIpc) is 2.17. The van der Waals surface area contributed by atoms with Crippen LogP contribution in [0.5, 0.6) is 0 Å². The maximum absolute atomic E-state index is 10.6. The van der Waals surface area contributed by atoms with E-state index in [4.69, 9.17) is 11.5 Å². The summed E-state index contributed by atoms with van der Waals surface area (Å²) in [4.78, 5) is 10.1. The summed E-state index contributed by atoms with van der Waals surface area (Å²) in [6.45, 7) is 0.263. The fraction of sp³-hybridized carbons (Fsp3) is 0.250. The predicted octanol–water partition coefficient (Wildman–Crippen LogP) is 1.32. The van der Waals surface area contributed by atoms with Crippen molar-refractivity contribution in [3.63, 3.8) is 0 Å². The Kier molecular flexibility index (Phi) is 3.56. The quantitative estimate of drug-likeness (QED) is 0.632. The molecule has 0 amide bonds. The van der Waals surface area contributed by atoms with Crippen LogP contribution in [0.4, 0.5) is 5.69 Å². The minimum Gasteiger partial charge on any atom is -0.329 e. The molecule has 0 heterocycles. The number of rotatable bonds is 3. The number of nitro groups is 1. The van der Waals surface area contributed by atoms with Crippen molar-refractivity contribution in [3.8, 4) is 0 Å². The van der Waals surface area contributed by atoms with Gasteiger partial charge in [-0.25, -0.2) is 0 Å². The van der Waals surface area contributed by atoms with E-state index in [0.29, 0.717) is 10.0 Å². The van der Waals surface area contributed by atoms with Crippen molar-refractivity contribution in [3.05, 3.63) is 38.3 Å². The van der Waals surface area contributed by atoms with Crippen LogP contribution in [-0.4, -0.2) is 11.5 Å². The maximum atomic E-state index is 10.6. The summed E-state index contributed by atoms with van der Waals surface area (Å²) in [6, 6.07) is 4.39. The number of hydrogen-bond acceptors (Lipinski definition) is 4. The summed E-state index contributed by atoms with van der Waals surface area (Å²) in [6.07, 6.45) is 0. The molecule has 0 aliphatic heterocycles. The van der Waals surface area contributed by atoms with Crippen molar-refractivity contribution in [2.45, 2.75) is 6.04 Å². The zero-order chi connectivity index (χ0) is 10.7. The van der Waals surface area contributed by atoms with Gasteiger partial charge in [-0.3, -0.25) is 10.1 Å². The van der Waals surface area contributed by atoms with E-state index in [2.05, 4.69) is 15.9 Å². The number of hydrogen-bond donors (Lipinski definition) is 2. The molecule has 0 aliphatic carbocycles. The third-order valence-electron chi connectivity index (χ3n) is 1.85. The number of nitrogens with zero attached hydrogens (tertiary/aromatic N) is 1. The molecule has 0 unspecified atom stereocenters. The Balaban J connectivity index is 3.12. The normalized spacial score (nSPS) is 12.5. The molecule has 76 valence electrons. The molecule has 0 aliphatic rings. The van der Waals surface area contributed by atoms with E-state index in [0.717, 1.165) is 0 Å². The molecule has 1 aromatic carbocycles. The van der Waals surface area contributed by atoms with Crippen molar-refractivity contribution >= 4 is 21.6 Å². The second-order valence-electron chi connectivity index (χ2n) is 2.81. The first kappa shape index (κ1) is 11.1. The first-order valence-electron chi connectivity index (χ1n) is 3.95. The highest BCUT2D eigenvalue weighted by Crippen LogP contribution is 2.27. The SMILES string of the molecule is NC[C@H](N)c1ccc(Br)c([N+](=O)[O-])c1. The van der Waals surface area contributed by atoms with Gasteiger partial charge in [-0.1, -0.05) is 6.07 Å². The van der Waals surface area contributed by atoms with Crippen LogP contribution in [0, 0.1) is 10.1 Å². The van der Waals surface area contributed by atoms with Crippen LogP contribution < -0.4 is 11.5 Å². The van der Waals surface area contributed by atoms with Gasteiger partial charge in [0, 0.05) is 18.7 Å². The molecule has 4 N–H and O–H groups in total. The molecule has 0 fully saturated rings. The molecule has 6 heteroatoms. The Morgan fingerprint density at radius 1 is 1.57 bits per heavy atom. The second-order valence-corrected chi connectivity index (χ2v) is 3.66. The van der Waals surface area contributed by atoms with Crippen molar-refractivity contribution in [1.29, 1.82) is 0 Å². The van der Waals surface area contributed by atoms with E-state index >= 15 is 0 Å². The van der Waals surface area contributed by atoms with Gasteiger partial charge in [-0.2, -0.15) is 0 Å². The Hall–Kier alpha value is -0.980. The third-order valence-corrected chi connectivity index (χ3v) is 2.52. The fourth-order valence-electron chi connectivity index (χ4n) is 1.04. The van der Waals surface area contributed by atoms with Crippen LogP contribution in [0.15, 0.2) is 22.7 Å². The molecular weight excluding hydrogens is 250 g/mol. The van der Waals surface area contributed by atoms with E-state index in [9.17, 15) is 10.1 Å². The zero-order valence-corrected chi connectivity index (χ0v) is 8.90. The van der Waals surface area contributed by atoms with Gasteiger partial charge >= 0.3 is 0 Å². The molecule has 1 atom stereocenters. The van der Waals surface area contributed by atoms with Gasteiger partial charge in [0.1, 0.15) is 0 Å². The lowest BCUT2D eigenvalue weighted by Gasteiger charge is -2.08. The smallest absolute Gasteiger partial charge is 0.283 e. The first-order chi connectivity index (χ1) is 6.56. The molecule has 0 saturated heterocycles. The first-order valence-corrected chi connectivity index (χ1v) is 4.75. The van der Waals surface area contributed by atoms with Gasteiger partial charge in [0.05, 0.1) is 9.40 Å². The Bertz CT molecular complexity index is 356. The molecular formula is C8H10BrN3O2. The fourth-order valence-corrected chi connectivity index (χ4v) is 1.43. The topological polar surface area (TPSA) is 95.2 Å². The highest BCUT2D eigenvalue weighted by atomic mass is 79.9. The summed E-state index contributed by atoms with van der Waals surface area (Å²) >= 11 is 3.09. The zero-order valence-electron chi connectivity index (χ0n) is 7.31. The lowest BCUT2D eigenvalue weighted by molar-refractivity contribution is -0.385. The number of benzene rings is 1. The molecule has 0 spiro atoms. The molecule has 14 heavy (non-hydrogen) atoms. The second kappa shape index (κ2) is 4.50. The average molecular weight is 260 g/mol. The van der Waals surface area contributed by atoms with Crippen LogP contribution >= 0.6 is 15.9 Å². The minimum atomic E-state index is -0.461. The third kappa shape index (κ3) is 2.28. The highest BCUT2D eigenvalue weighted by molar-refractivity contribution is 9.10. The van der Waals surface area contributed by atoms with Crippen LogP contribution in [0.25, 0.3) is 0 Å². The number of halogens is 1.